The Morgan fingerprint density at radius 3 is 1.94 bits per heavy atom. The van der Waals surface area contributed by atoms with Gasteiger partial charge in [0.15, 0.2) is 0 Å². The summed E-state index contributed by atoms with van der Waals surface area (Å²) in [5.41, 5.74) is 0.778. The third-order valence-corrected chi connectivity index (χ3v) is 9.79. The van der Waals surface area contributed by atoms with E-state index in [0.717, 1.165) is 28.8 Å². The average Bonchev–Trinajstić information content (AvgIpc) is 3.02. The molecule has 0 aromatic heterocycles. The molecule has 0 heterocycles. The summed E-state index contributed by atoms with van der Waals surface area (Å²) < 4.78 is 71.0. The first-order chi connectivity index (χ1) is 22.8. The molecular formula is C37H39ClF3N3O4S. The van der Waals surface area contributed by atoms with Crippen LogP contribution < -0.4 is 9.62 Å². The molecule has 0 fully saturated rings. The summed E-state index contributed by atoms with van der Waals surface area (Å²) in [7, 11) is -4.61. The van der Waals surface area contributed by atoms with Gasteiger partial charge in [-0.2, -0.15) is 13.2 Å². The van der Waals surface area contributed by atoms with Gasteiger partial charge in [0, 0.05) is 18.5 Å². The third-order valence-electron chi connectivity index (χ3n) is 7.67. The van der Waals surface area contributed by atoms with Crippen LogP contribution in [0.1, 0.15) is 48.6 Å². The number of rotatable bonds is 11. The van der Waals surface area contributed by atoms with Gasteiger partial charge in [0.1, 0.15) is 12.6 Å². The molecule has 0 aliphatic carbocycles. The number of carbonyl (C=O) groups is 2. The number of aryl methyl sites for hydroxylation is 2. The zero-order valence-electron chi connectivity index (χ0n) is 27.9. The molecule has 4 aromatic rings. The van der Waals surface area contributed by atoms with Crippen LogP contribution in [0.2, 0.25) is 5.02 Å². The van der Waals surface area contributed by atoms with Crippen molar-refractivity contribution < 1.29 is 31.2 Å². The van der Waals surface area contributed by atoms with E-state index < -0.39 is 62.4 Å². The molecule has 0 saturated carbocycles. The molecule has 0 radical (unpaired) electrons. The summed E-state index contributed by atoms with van der Waals surface area (Å²) in [6, 6.07) is 23.6. The summed E-state index contributed by atoms with van der Waals surface area (Å²) in [6.45, 7) is 8.06. The fourth-order valence-corrected chi connectivity index (χ4v) is 6.78. The standard InChI is InChI=1S/C37H39ClF3N3O4S/c1-25-11-15-28(16-12-25)23-43(33(35(46)42-36(3,4)5)21-27-9-7-6-8-10-27)34(45)24-44(49(47,48)30-18-13-26(2)14-19-30)29-17-20-32(38)31(22-29)37(39,40)41/h6-20,22,33H,21,23-24H2,1-5H3,(H,42,46)/t33-/m0/s1. The summed E-state index contributed by atoms with van der Waals surface area (Å²) >= 11 is 5.89. The zero-order chi connectivity index (χ0) is 36.1. The van der Waals surface area contributed by atoms with Crippen LogP contribution in [-0.4, -0.2) is 43.3 Å². The Bertz CT molecular complexity index is 1880. The molecule has 0 aliphatic rings. The number of nitrogens with one attached hydrogen (secondary N) is 1. The maximum atomic E-state index is 14.6. The van der Waals surface area contributed by atoms with Gasteiger partial charge in [-0.3, -0.25) is 13.9 Å². The second kappa shape index (κ2) is 15.0. The van der Waals surface area contributed by atoms with Gasteiger partial charge in [-0.05, 0) is 76.1 Å². The fourth-order valence-electron chi connectivity index (χ4n) is 5.15. The molecule has 4 rings (SSSR count). The highest BCUT2D eigenvalue weighted by atomic mass is 35.5. The van der Waals surface area contributed by atoms with Crippen LogP contribution >= 0.6 is 11.6 Å². The van der Waals surface area contributed by atoms with Crippen LogP contribution in [0.25, 0.3) is 0 Å². The number of carbonyl (C=O) groups excluding carboxylic acids is 2. The first kappa shape index (κ1) is 37.5. The normalized spacial score (nSPS) is 12.7. The minimum atomic E-state index is -4.90. The van der Waals surface area contributed by atoms with Crippen molar-refractivity contribution in [3.63, 3.8) is 0 Å². The van der Waals surface area contributed by atoms with Crippen molar-refractivity contribution in [3.05, 3.63) is 130 Å². The van der Waals surface area contributed by atoms with Gasteiger partial charge in [0.05, 0.1) is 21.2 Å². The van der Waals surface area contributed by atoms with Crippen molar-refractivity contribution >= 4 is 39.1 Å². The Balaban J connectivity index is 1.88. The second-order valence-electron chi connectivity index (χ2n) is 12.9. The van der Waals surface area contributed by atoms with Crippen LogP contribution in [-0.2, 0) is 38.8 Å². The number of hydrogen-bond donors (Lipinski definition) is 1. The predicted octanol–water partition coefficient (Wildman–Crippen LogP) is 7.73. The highest BCUT2D eigenvalue weighted by molar-refractivity contribution is 7.92. The molecule has 0 saturated heterocycles. The topological polar surface area (TPSA) is 86.8 Å². The van der Waals surface area contributed by atoms with Crippen molar-refractivity contribution in [2.45, 2.75) is 70.2 Å². The van der Waals surface area contributed by atoms with Crippen molar-refractivity contribution in [3.8, 4) is 0 Å². The highest BCUT2D eigenvalue weighted by Gasteiger charge is 2.38. The number of alkyl halides is 3. The van der Waals surface area contributed by atoms with Gasteiger partial charge < -0.3 is 10.2 Å². The summed E-state index contributed by atoms with van der Waals surface area (Å²) in [5, 5.41) is 2.32. The molecule has 0 spiro atoms. The maximum Gasteiger partial charge on any atom is 0.417 e. The van der Waals surface area contributed by atoms with E-state index in [0.29, 0.717) is 15.9 Å². The van der Waals surface area contributed by atoms with Gasteiger partial charge in [0.25, 0.3) is 10.0 Å². The molecule has 0 aliphatic heterocycles. The van der Waals surface area contributed by atoms with Gasteiger partial charge in [-0.25, -0.2) is 8.42 Å². The quantitative estimate of drug-likeness (QED) is 0.173. The van der Waals surface area contributed by atoms with E-state index in [4.69, 9.17) is 11.6 Å². The Labute approximate surface area is 290 Å². The number of nitrogens with zero attached hydrogens (tertiary/aromatic N) is 2. The molecule has 49 heavy (non-hydrogen) atoms. The fraction of sp³-hybridized carbons (Fsp3) is 0.297. The molecule has 4 aromatic carbocycles. The Hall–Kier alpha value is -4.35. The van der Waals surface area contributed by atoms with Gasteiger partial charge >= 0.3 is 6.18 Å². The maximum absolute atomic E-state index is 14.6. The largest absolute Gasteiger partial charge is 0.417 e. The molecule has 0 unspecified atom stereocenters. The van der Waals surface area contributed by atoms with E-state index in [1.54, 1.807) is 64.1 Å². The van der Waals surface area contributed by atoms with Crippen molar-refractivity contribution in [1.29, 1.82) is 0 Å². The zero-order valence-corrected chi connectivity index (χ0v) is 29.5. The molecule has 1 N–H and O–H groups in total. The van der Waals surface area contributed by atoms with Crippen molar-refractivity contribution in [2.75, 3.05) is 10.8 Å². The van der Waals surface area contributed by atoms with Gasteiger partial charge in [0.2, 0.25) is 11.8 Å². The summed E-state index contributed by atoms with van der Waals surface area (Å²) in [5.74, 6) is -1.28. The Morgan fingerprint density at radius 1 is 0.816 bits per heavy atom. The highest BCUT2D eigenvalue weighted by Crippen LogP contribution is 2.38. The minimum Gasteiger partial charge on any atom is -0.350 e. The molecule has 2 amide bonds. The van der Waals surface area contributed by atoms with Crippen LogP contribution in [0.5, 0.6) is 0 Å². The monoisotopic (exact) mass is 713 g/mol. The lowest BCUT2D eigenvalue weighted by molar-refractivity contribution is -0.140. The van der Waals surface area contributed by atoms with Crippen molar-refractivity contribution in [1.82, 2.24) is 10.2 Å². The third kappa shape index (κ3) is 9.86. The van der Waals surface area contributed by atoms with Crippen LogP contribution in [0, 0.1) is 13.8 Å². The molecule has 1 atom stereocenters. The predicted molar refractivity (Wildman–Crippen MR) is 186 cm³/mol. The summed E-state index contributed by atoms with van der Waals surface area (Å²) in [6.07, 6.45) is -4.82. The lowest BCUT2D eigenvalue weighted by atomic mass is 10.0. The van der Waals surface area contributed by atoms with Crippen LogP contribution in [0.4, 0.5) is 18.9 Å². The first-order valence-corrected chi connectivity index (χ1v) is 17.3. The van der Waals surface area contributed by atoms with Crippen LogP contribution in [0.3, 0.4) is 0 Å². The van der Waals surface area contributed by atoms with E-state index in [2.05, 4.69) is 5.32 Å². The average molecular weight is 714 g/mol. The minimum absolute atomic E-state index is 0.0823. The smallest absolute Gasteiger partial charge is 0.350 e. The van der Waals surface area contributed by atoms with Crippen LogP contribution in [0.15, 0.2) is 102 Å². The summed E-state index contributed by atoms with van der Waals surface area (Å²) in [4.78, 5) is 29.6. The van der Waals surface area contributed by atoms with E-state index in [1.807, 2.05) is 37.3 Å². The van der Waals surface area contributed by atoms with E-state index >= 15 is 0 Å². The molecule has 12 heteroatoms. The van der Waals surface area contributed by atoms with Gasteiger partial charge in [-0.15, -0.1) is 0 Å². The number of halogens is 4. The number of hydrogen-bond acceptors (Lipinski definition) is 4. The number of sulfonamides is 1. The lowest BCUT2D eigenvalue weighted by Crippen LogP contribution is -2.56. The molecule has 0 bridgehead atoms. The Kier molecular flexibility index (Phi) is 11.5. The van der Waals surface area contributed by atoms with E-state index in [1.165, 1.54) is 17.0 Å². The van der Waals surface area contributed by atoms with Gasteiger partial charge in [-0.1, -0.05) is 89.5 Å². The Morgan fingerprint density at radius 2 is 1.39 bits per heavy atom. The first-order valence-electron chi connectivity index (χ1n) is 15.5. The number of benzene rings is 4. The number of amides is 2. The van der Waals surface area contributed by atoms with Crippen molar-refractivity contribution in [2.24, 2.45) is 0 Å². The SMILES string of the molecule is Cc1ccc(CN(C(=O)CN(c2ccc(Cl)c(C(F)(F)F)c2)S(=O)(=O)c2ccc(C)cc2)[C@@H](Cc2ccccc2)C(=O)NC(C)(C)C)cc1. The molecule has 260 valence electrons. The second-order valence-corrected chi connectivity index (χ2v) is 15.2. The molecular weight excluding hydrogens is 675 g/mol. The lowest BCUT2D eigenvalue weighted by Gasteiger charge is -2.35. The van der Waals surface area contributed by atoms with E-state index in [9.17, 15) is 31.2 Å². The molecule has 7 nitrogen and oxygen atoms in total. The number of anilines is 1. The van der Waals surface area contributed by atoms with E-state index in [-0.39, 0.29) is 17.9 Å².